The lowest BCUT2D eigenvalue weighted by Crippen LogP contribution is -2.27. The van der Waals surface area contributed by atoms with E-state index in [1.54, 1.807) is 0 Å². The van der Waals surface area contributed by atoms with Crippen molar-refractivity contribution >= 4 is 48.0 Å². The van der Waals surface area contributed by atoms with Crippen molar-refractivity contribution in [3.63, 3.8) is 0 Å². The minimum atomic E-state index is -3.49. The molecule has 0 saturated carbocycles. The van der Waals surface area contributed by atoms with Crippen LogP contribution in [0.4, 0.5) is 0 Å². The van der Waals surface area contributed by atoms with Gasteiger partial charge in [0.05, 0.1) is 6.61 Å². The van der Waals surface area contributed by atoms with Crippen LogP contribution in [0.5, 0.6) is 0 Å². The fraction of sp³-hybridized carbons (Fsp3) is 1.00. The molecular formula is C5H12O3S4. The number of rotatable bonds is 6. The van der Waals surface area contributed by atoms with Crippen LogP contribution in [0.25, 0.3) is 0 Å². The molecule has 0 N–H and O–H groups in total. The van der Waals surface area contributed by atoms with Crippen LogP contribution in [-0.4, -0.2) is 37.5 Å². The van der Waals surface area contributed by atoms with Crippen LogP contribution >= 0.6 is 37.9 Å². The predicted octanol–water partition coefficient (Wildman–Crippen LogP) is 0.491. The monoisotopic (exact) mass is 248 g/mol. The maximum absolute atomic E-state index is 11.2. The van der Waals surface area contributed by atoms with E-state index in [4.69, 9.17) is 0 Å². The van der Waals surface area contributed by atoms with Gasteiger partial charge in [0.2, 0.25) is 0 Å². The second-order valence-corrected chi connectivity index (χ2v) is 5.09. The van der Waals surface area contributed by atoms with E-state index in [0.29, 0.717) is 5.75 Å². The largest absolute Gasteiger partial charge is 0.271 e. The van der Waals surface area contributed by atoms with E-state index in [0.717, 1.165) is 0 Å². The molecule has 0 aliphatic heterocycles. The standard InChI is InChI=1S/C5H12O3S4/c6-12(7,8-1-2-9)5(3-10)4-11/h5,9-11H,1-4H2. The average molecular weight is 248 g/mol. The van der Waals surface area contributed by atoms with Gasteiger partial charge >= 0.3 is 0 Å². The molecule has 3 nitrogen and oxygen atoms in total. The van der Waals surface area contributed by atoms with E-state index in [9.17, 15) is 8.42 Å². The van der Waals surface area contributed by atoms with Gasteiger partial charge < -0.3 is 0 Å². The van der Waals surface area contributed by atoms with Crippen molar-refractivity contribution < 1.29 is 12.6 Å². The molecule has 0 atom stereocenters. The lowest BCUT2D eigenvalue weighted by molar-refractivity contribution is 0.337. The molecule has 0 unspecified atom stereocenters. The molecule has 0 aromatic rings. The molecule has 0 spiro atoms. The van der Waals surface area contributed by atoms with Crippen molar-refractivity contribution in [2.45, 2.75) is 5.25 Å². The minimum absolute atomic E-state index is 0.101. The van der Waals surface area contributed by atoms with E-state index < -0.39 is 15.4 Å². The fourth-order valence-corrected chi connectivity index (χ4v) is 3.14. The average Bonchev–Trinajstić information content (AvgIpc) is 2.03. The van der Waals surface area contributed by atoms with Gasteiger partial charge in [-0.2, -0.15) is 46.3 Å². The van der Waals surface area contributed by atoms with E-state index in [1.165, 1.54) is 0 Å². The molecule has 0 heterocycles. The topological polar surface area (TPSA) is 43.4 Å². The van der Waals surface area contributed by atoms with E-state index >= 15 is 0 Å². The van der Waals surface area contributed by atoms with Crippen molar-refractivity contribution in [2.75, 3.05) is 23.9 Å². The van der Waals surface area contributed by atoms with Crippen LogP contribution in [0.3, 0.4) is 0 Å². The van der Waals surface area contributed by atoms with Crippen molar-refractivity contribution in [2.24, 2.45) is 0 Å². The predicted molar refractivity (Wildman–Crippen MR) is 60.2 cm³/mol. The van der Waals surface area contributed by atoms with Crippen LogP contribution in [0.1, 0.15) is 0 Å². The van der Waals surface area contributed by atoms with Gasteiger partial charge in [0.1, 0.15) is 5.25 Å². The summed E-state index contributed by atoms with van der Waals surface area (Å²) >= 11 is 11.6. The molecular weight excluding hydrogens is 236 g/mol. The maximum atomic E-state index is 11.2. The fourth-order valence-electron chi connectivity index (χ4n) is 0.490. The summed E-state index contributed by atoms with van der Waals surface area (Å²) in [5.74, 6) is 0.821. The van der Waals surface area contributed by atoms with Crippen molar-refractivity contribution in [3.8, 4) is 0 Å². The highest BCUT2D eigenvalue weighted by Gasteiger charge is 2.23. The Balaban J connectivity index is 4.17. The summed E-state index contributed by atoms with van der Waals surface area (Å²) in [6.07, 6.45) is 0. The van der Waals surface area contributed by atoms with Gasteiger partial charge in [0.25, 0.3) is 10.1 Å². The zero-order valence-electron chi connectivity index (χ0n) is 6.38. The zero-order chi connectivity index (χ0) is 9.61. The molecule has 0 amide bonds. The van der Waals surface area contributed by atoms with Crippen molar-refractivity contribution in [3.05, 3.63) is 0 Å². The molecule has 0 bridgehead atoms. The normalized spacial score (nSPS) is 12.3. The molecule has 0 rings (SSSR count). The van der Waals surface area contributed by atoms with Crippen molar-refractivity contribution in [1.82, 2.24) is 0 Å². The highest BCUT2D eigenvalue weighted by molar-refractivity contribution is 7.90. The van der Waals surface area contributed by atoms with Gasteiger partial charge in [-0.05, 0) is 0 Å². The minimum Gasteiger partial charge on any atom is -0.269 e. The number of hydrogen-bond acceptors (Lipinski definition) is 6. The lowest BCUT2D eigenvalue weighted by Gasteiger charge is -2.11. The van der Waals surface area contributed by atoms with Gasteiger partial charge in [-0.3, -0.25) is 4.18 Å². The van der Waals surface area contributed by atoms with E-state index in [2.05, 4.69) is 42.1 Å². The molecule has 0 radical (unpaired) electrons. The molecule has 0 fully saturated rings. The highest BCUT2D eigenvalue weighted by atomic mass is 32.2. The van der Waals surface area contributed by atoms with Gasteiger partial charge in [0.15, 0.2) is 0 Å². The van der Waals surface area contributed by atoms with Crippen LogP contribution < -0.4 is 0 Å². The first-order valence-electron chi connectivity index (χ1n) is 3.29. The van der Waals surface area contributed by atoms with Gasteiger partial charge in [-0.25, -0.2) is 0 Å². The summed E-state index contributed by atoms with van der Waals surface area (Å²) in [6, 6.07) is 0. The molecule has 0 aliphatic carbocycles. The molecule has 0 aliphatic rings. The van der Waals surface area contributed by atoms with Gasteiger partial charge in [-0.1, -0.05) is 0 Å². The molecule has 0 aromatic carbocycles. The first-order chi connectivity index (χ1) is 5.58. The van der Waals surface area contributed by atoms with Gasteiger partial charge in [0, 0.05) is 17.3 Å². The Bertz CT molecular complexity index is 197. The summed E-state index contributed by atoms with van der Waals surface area (Å²) < 4.78 is 27.0. The zero-order valence-corrected chi connectivity index (χ0v) is 9.88. The molecule has 12 heavy (non-hydrogen) atoms. The Hall–Kier alpha value is 0.960. The second-order valence-electron chi connectivity index (χ2n) is 2.03. The van der Waals surface area contributed by atoms with Crippen LogP contribution in [0.15, 0.2) is 0 Å². The number of thiol groups is 3. The quantitative estimate of drug-likeness (QED) is 0.473. The second kappa shape index (κ2) is 6.42. The number of hydrogen-bond donors (Lipinski definition) is 3. The SMILES string of the molecule is O=S(=O)(OCCS)C(CS)CS. The molecule has 7 heteroatoms. The van der Waals surface area contributed by atoms with E-state index in [-0.39, 0.29) is 18.1 Å². The Morgan fingerprint density at radius 3 is 2.00 bits per heavy atom. The summed E-state index contributed by atoms with van der Waals surface area (Å²) in [5, 5.41) is -0.635. The first-order valence-corrected chi connectivity index (χ1v) is 6.66. The smallest absolute Gasteiger partial charge is 0.269 e. The van der Waals surface area contributed by atoms with E-state index in [1.807, 2.05) is 0 Å². The third kappa shape index (κ3) is 4.27. The summed E-state index contributed by atoms with van der Waals surface area (Å²) in [4.78, 5) is 0. The molecule has 0 aromatic heterocycles. The third-order valence-corrected chi connectivity index (χ3v) is 4.36. The van der Waals surface area contributed by atoms with Gasteiger partial charge in [-0.15, -0.1) is 0 Å². The van der Waals surface area contributed by atoms with Crippen LogP contribution in [0.2, 0.25) is 0 Å². The van der Waals surface area contributed by atoms with Crippen LogP contribution in [0, 0.1) is 0 Å². The Morgan fingerprint density at radius 2 is 1.67 bits per heavy atom. The summed E-state index contributed by atoms with van der Waals surface area (Å²) in [7, 11) is -3.49. The molecule has 0 saturated heterocycles. The first kappa shape index (κ1) is 13.0. The van der Waals surface area contributed by atoms with Crippen molar-refractivity contribution in [1.29, 1.82) is 0 Å². The Kier molecular flexibility index (Phi) is 6.93. The summed E-state index contributed by atoms with van der Waals surface area (Å²) in [6.45, 7) is 0.101. The third-order valence-electron chi connectivity index (χ3n) is 1.15. The Labute approximate surface area is 89.6 Å². The highest BCUT2D eigenvalue weighted by Crippen LogP contribution is 2.08. The summed E-state index contributed by atoms with van der Waals surface area (Å²) in [5.41, 5.74) is 0. The van der Waals surface area contributed by atoms with Crippen LogP contribution in [-0.2, 0) is 14.3 Å². The lowest BCUT2D eigenvalue weighted by atomic mass is 10.6. The molecule has 74 valence electrons. The maximum Gasteiger partial charge on any atom is 0.271 e. The Morgan fingerprint density at radius 1 is 1.17 bits per heavy atom.